The van der Waals surface area contributed by atoms with Crippen molar-refractivity contribution in [1.29, 1.82) is 0 Å². The van der Waals surface area contributed by atoms with E-state index < -0.39 is 11.7 Å². The summed E-state index contributed by atoms with van der Waals surface area (Å²) in [6.07, 6.45) is -0.555. The van der Waals surface area contributed by atoms with Crippen molar-refractivity contribution in [3.05, 3.63) is 53.6 Å². The molecule has 2 aliphatic heterocycles. The van der Waals surface area contributed by atoms with Crippen LogP contribution in [0.15, 0.2) is 42.5 Å². The van der Waals surface area contributed by atoms with Crippen molar-refractivity contribution in [3.8, 4) is 17.2 Å². The van der Waals surface area contributed by atoms with Gasteiger partial charge in [0.2, 0.25) is 5.91 Å². The van der Waals surface area contributed by atoms with Crippen molar-refractivity contribution >= 4 is 5.91 Å². The molecule has 0 aliphatic carbocycles. The lowest BCUT2D eigenvalue weighted by Crippen LogP contribution is -2.47. The number of ether oxygens (including phenoxy) is 3. The van der Waals surface area contributed by atoms with Crippen molar-refractivity contribution in [1.82, 2.24) is 15.1 Å². The Hall–Kier alpha value is -2.98. The summed E-state index contributed by atoms with van der Waals surface area (Å²) in [6, 6.07) is 11.2. The van der Waals surface area contributed by atoms with Crippen LogP contribution in [0.25, 0.3) is 0 Å². The Kier molecular flexibility index (Phi) is 10.2. The average Bonchev–Trinajstić information content (AvgIpc) is 3.35. The maximum absolute atomic E-state index is 13.3. The van der Waals surface area contributed by atoms with E-state index in [1.54, 1.807) is 14.2 Å². The molecule has 2 heterocycles. The molecule has 220 valence electrons. The zero-order valence-corrected chi connectivity index (χ0v) is 23.5. The van der Waals surface area contributed by atoms with Gasteiger partial charge in [-0.2, -0.15) is 13.2 Å². The number of benzene rings is 2. The first kappa shape index (κ1) is 30.0. The van der Waals surface area contributed by atoms with Gasteiger partial charge >= 0.3 is 6.18 Å². The summed E-state index contributed by atoms with van der Waals surface area (Å²) in [5.74, 6) is 1.19. The number of nitrogens with one attached hydrogen (secondary N) is 1. The van der Waals surface area contributed by atoms with Gasteiger partial charge in [0, 0.05) is 38.1 Å². The lowest BCUT2D eigenvalue weighted by molar-refractivity contribution is -0.137. The molecule has 0 bridgehead atoms. The number of piperidine rings is 1. The van der Waals surface area contributed by atoms with Crippen molar-refractivity contribution < 1.29 is 32.2 Å². The fraction of sp³-hybridized carbons (Fsp3) is 0.567. The summed E-state index contributed by atoms with van der Waals surface area (Å²) in [6.45, 7) is 3.79. The molecule has 1 N–H and O–H groups in total. The summed E-state index contributed by atoms with van der Waals surface area (Å²) in [5.41, 5.74) is 0.273. The minimum absolute atomic E-state index is 0.0155. The maximum Gasteiger partial charge on any atom is 0.416 e. The van der Waals surface area contributed by atoms with E-state index in [2.05, 4.69) is 22.2 Å². The van der Waals surface area contributed by atoms with Crippen LogP contribution in [0.1, 0.15) is 36.8 Å². The zero-order chi connectivity index (χ0) is 28.7. The second-order valence-corrected chi connectivity index (χ2v) is 10.9. The van der Waals surface area contributed by atoms with E-state index >= 15 is 0 Å². The van der Waals surface area contributed by atoms with E-state index in [0.29, 0.717) is 50.1 Å². The van der Waals surface area contributed by atoms with Crippen LogP contribution in [0.2, 0.25) is 0 Å². The Bertz CT molecular complexity index is 1130. The van der Waals surface area contributed by atoms with Gasteiger partial charge in [-0.05, 0) is 75.2 Å². The van der Waals surface area contributed by atoms with Gasteiger partial charge in [0.15, 0.2) is 11.5 Å². The largest absolute Gasteiger partial charge is 0.493 e. The number of rotatable bonds is 11. The Morgan fingerprint density at radius 3 is 2.58 bits per heavy atom. The fourth-order valence-electron chi connectivity index (χ4n) is 5.81. The van der Waals surface area contributed by atoms with Crippen LogP contribution in [0, 0.1) is 11.8 Å². The molecule has 3 atom stereocenters. The van der Waals surface area contributed by atoms with E-state index in [0.717, 1.165) is 37.1 Å². The predicted octanol–water partition coefficient (Wildman–Crippen LogP) is 4.84. The molecule has 0 saturated carbocycles. The lowest BCUT2D eigenvalue weighted by Gasteiger charge is -2.37. The highest BCUT2D eigenvalue weighted by atomic mass is 19.4. The summed E-state index contributed by atoms with van der Waals surface area (Å²) >= 11 is 0. The Morgan fingerprint density at radius 1 is 1.07 bits per heavy atom. The Labute approximate surface area is 234 Å². The third kappa shape index (κ3) is 8.04. The van der Waals surface area contributed by atoms with Crippen molar-refractivity contribution in [2.24, 2.45) is 11.8 Å². The summed E-state index contributed by atoms with van der Waals surface area (Å²) < 4.78 is 56.1. The number of alkyl halides is 3. The predicted molar refractivity (Wildman–Crippen MR) is 147 cm³/mol. The fourth-order valence-corrected chi connectivity index (χ4v) is 5.81. The van der Waals surface area contributed by atoms with Crippen LogP contribution in [0.4, 0.5) is 13.2 Å². The number of methoxy groups -OCH3 is 2. The minimum atomic E-state index is -4.43. The van der Waals surface area contributed by atoms with Crippen molar-refractivity contribution in [3.63, 3.8) is 0 Å². The molecule has 7 nitrogen and oxygen atoms in total. The second kappa shape index (κ2) is 13.6. The number of amides is 1. The molecule has 0 unspecified atom stereocenters. The molecule has 2 saturated heterocycles. The van der Waals surface area contributed by atoms with E-state index in [4.69, 9.17) is 14.2 Å². The number of hydrogen-bond donors (Lipinski definition) is 1. The summed E-state index contributed by atoms with van der Waals surface area (Å²) in [4.78, 5) is 17.8. The van der Waals surface area contributed by atoms with Crippen LogP contribution < -0.4 is 19.5 Å². The van der Waals surface area contributed by atoms with E-state index in [1.807, 2.05) is 18.2 Å². The van der Waals surface area contributed by atoms with Crippen LogP contribution in [-0.4, -0.2) is 75.8 Å². The van der Waals surface area contributed by atoms with E-state index in [1.165, 1.54) is 18.6 Å². The van der Waals surface area contributed by atoms with Crippen LogP contribution >= 0.6 is 0 Å². The smallest absolute Gasteiger partial charge is 0.416 e. The molecular formula is C30H40F3N3O4. The molecule has 0 radical (unpaired) electrons. The first-order chi connectivity index (χ1) is 19.2. The third-order valence-corrected chi connectivity index (χ3v) is 7.93. The zero-order valence-electron chi connectivity index (χ0n) is 23.5. The Balaban J connectivity index is 1.42. The molecular weight excluding hydrogens is 523 g/mol. The monoisotopic (exact) mass is 563 g/mol. The number of halogens is 3. The number of likely N-dealkylation sites (tertiary alicyclic amines) is 2. The van der Waals surface area contributed by atoms with Crippen molar-refractivity contribution in [2.45, 2.75) is 44.4 Å². The van der Waals surface area contributed by atoms with Crippen molar-refractivity contribution in [2.75, 3.05) is 54.1 Å². The van der Waals surface area contributed by atoms with Gasteiger partial charge in [-0.3, -0.25) is 9.69 Å². The molecule has 1 amide bonds. The molecule has 0 spiro atoms. The van der Waals surface area contributed by atoms with Gasteiger partial charge < -0.3 is 24.4 Å². The molecule has 2 aromatic rings. The SMILES string of the molecule is COc1ccc(CN2C[C@@H](COc3cccc(C(F)(F)F)c3)C[C@@H](C(=O)NCC[C@H]3CCCN3C)C2)cc1OC. The highest BCUT2D eigenvalue weighted by Gasteiger charge is 2.33. The van der Waals surface area contributed by atoms with Gasteiger partial charge in [0.05, 0.1) is 32.3 Å². The minimum Gasteiger partial charge on any atom is -0.493 e. The molecule has 2 aromatic carbocycles. The van der Waals surface area contributed by atoms with Gasteiger partial charge in [0.25, 0.3) is 0 Å². The number of carbonyl (C=O) groups is 1. The van der Waals surface area contributed by atoms with E-state index in [-0.39, 0.29) is 30.1 Å². The molecule has 0 aromatic heterocycles. The molecule has 2 fully saturated rings. The average molecular weight is 564 g/mol. The standard InChI is InChI=1S/C30H40F3N3O4/c1-35-13-5-7-25(35)11-12-34-29(37)23-14-22(20-40-26-8-4-6-24(16-26)30(31,32)33)18-36(19-23)17-21-9-10-27(38-2)28(15-21)39-3/h4,6,8-10,15-16,22-23,25H,5,7,11-14,17-20H2,1-3H3,(H,34,37)/t22-,23+,25+/m0/s1. The van der Waals surface area contributed by atoms with Gasteiger partial charge in [-0.15, -0.1) is 0 Å². The normalized spacial score (nSPS) is 22.2. The van der Waals surface area contributed by atoms with Crippen LogP contribution in [-0.2, 0) is 17.5 Å². The first-order valence-electron chi connectivity index (χ1n) is 13.9. The molecule has 40 heavy (non-hydrogen) atoms. The van der Waals surface area contributed by atoms with Gasteiger partial charge in [-0.1, -0.05) is 12.1 Å². The van der Waals surface area contributed by atoms with E-state index in [9.17, 15) is 18.0 Å². The highest BCUT2D eigenvalue weighted by Crippen LogP contribution is 2.33. The summed E-state index contributed by atoms with van der Waals surface area (Å²) in [7, 11) is 5.31. The number of nitrogens with zero attached hydrogens (tertiary/aromatic N) is 2. The topological polar surface area (TPSA) is 63.3 Å². The summed E-state index contributed by atoms with van der Waals surface area (Å²) in [5, 5.41) is 3.14. The first-order valence-corrected chi connectivity index (χ1v) is 13.9. The number of hydrogen-bond acceptors (Lipinski definition) is 6. The molecule has 4 rings (SSSR count). The molecule has 10 heteroatoms. The van der Waals surface area contributed by atoms with Gasteiger partial charge in [-0.25, -0.2) is 0 Å². The van der Waals surface area contributed by atoms with Crippen LogP contribution in [0.5, 0.6) is 17.2 Å². The van der Waals surface area contributed by atoms with Crippen LogP contribution in [0.3, 0.4) is 0 Å². The molecule has 2 aliphatic rings. The maximum atomic E-state index is 13.3. The highest BCUT2D eigenvalue weighted by molar-refractivity contribution is 5.79. The third-order valence-electron chi connectivity index (χ3n) is 7.93. The Morgan fingerprint density at radius 2 is 1.88 bits per heavy atom. The quantitative estimate of drug-likeness (QED) is 0.422. The second-order valence-electron chi connectivity index (χ2n) is 10.9. The number of carbonyl (C=O) groups excluding carboxylic acids is 1. The van der Waals surface area contributed by atoms with Gasteiger partial charge in [0.1, 0.15) is 5.75 Å². The lowest BCUT2D eigenvalue weighted by atomic mass is 9.88.